The number of fused-ring (bicyclic) bond motifs is 1. The van der Waals surface area contributed by atoms with Crippen LogP contribution in [0.2, 0.25) is 0 Å². The van der Waals surface area contributed by atoms with Crippen LogP contribution in [0.15, 0.2) is 0 Å². The average Bonchev–Trinajstić information content (AvgIpc) is 2.90. The van der Waals surface area contributed by atoms with Crippen LogP contribution in [-0.4, -0.2) is 54.1 Å². The second-order valence-electron chi connectivity index (χ2n) is 11.3. The number of amides is 2. The first-order chi connectivity index (χ1) is 13.0. The number of carbonyl (C=O) groups is 1. The number of urea groups is 1. The highest BCUT2D eigenvalue weighted by Gasteiger charge is 2.52. The Morgan fingerprint density at radius 2 is 1.48 bits per heavy atom. The van der Waals surface area contributed by atoms with E-state index in [1.54, 1.807) is 0 Å². The van der Waals surface area contributed by atoms with Gasteiger partial charge in [-0.05, 0) is 100.0 Å². The fourth-order valence-electron chi connectivity index (χ4n) is 7.84. The summed E-state index contributed by atoms with van der Waals surface area (Å²) in [4.78, 5) is 18.0. The topological polar surface area (TPSA) is 35.6 Å². The first kappa shape index (κ1) is 18.3. The minimum Gasteiger partial charge on any atom is -0.333 e. The van der Waals surface area contributed by atoms with E-state index in [9.17, 15) is 4.79 Å². The molecule has 2 heterocycles. The van der Waals surface area contributed by atoms with Crippen molar-refractivity contribution in [3.05, 3.63) is 0 Å². The van der Waals surface area contributed by atoms with Crippen LogP contribution in [0.4, 0.5) is 4.79 Å². The molecule has 4 aliphatic carbocycles. The fourth-order valence-corrected chi connectivity index (χ4v) is 7.84. The van der Waals surface area contributed by atoms with Gasteiger partial charge in [-0.25, -0.2) is 4.79 Å². The van der Waals surface area contributed by atoms with Gasteiger partial charge in [0.05, 0.1) is 0 Å². The molecule has 0 aromatic heterocycles. The highest BCUT2D eigenvalue weighted by atomic mass is 16.2. The molecule has 0 spiro atoms. The minimum atomic E-state index is 0.157. The predicted octanol–water partition coefficient (Wildman–Crippen LogP) is 3.96. The predicted molar refractivity (Wildman–Crippen MR) is 108 cm³/mol. The average molecular weight is 374 g/mol. The van der Waals surface area contributed by atoms with Crippen molar-refractivity contribution in [1.82, 2.24) is 15.1 Å². The molecular formula is C23H39N3O. The lowest BCUT2D eigenvalue weighted by molar-refractivity contribution is -0.0154. The Balaban J connectivity index is 1.18. The van der Waals surface area contributed by atoms with E-state index in [0.717, 1.165) is 48.6 Å². The fraction of sp³-hybridized carbons (Fsp3) is 0.957. The van der Waals surface area contributed by atoms with Gasteiger partial charge >= 0.3 is 6.03 Å². The molecule has 0 radical (unpaired) electrons. The van der Waals surface area contributed by atoms with Gasteiger partial charge in [0, 0.05) is 25.2 Å². The standard InChI is InChI=1S/C23H39N3O/c1-16(2)13-25-5-3-20-14-26(15-21(20)4-6-25)22(27)24-23-10-17-7-18(11-23)9-19(8-17)12-23/h16-21H,3-15H2,1-2H3,(H,24,27)/t17?,18?,19?,20-,21+,23?. The summed E-state index contributed by atoms with van der Waals surface area (Å²) in [5.74, 6) is 4.90. The summed E-state index contributed by atoms with van der Waals surface area (Å²) in [6.07, 6.45) is 10.7. The zero-order valence-electron chi connectivity index (χ0n) is 17.5. The van der Waals surface area contributed by atoms with Crippen LogP contribution < -0.4 is 5.32 Å². The van der Waals surface area contributed by atoms with Gasteiger partial charge in [-0.1, -0.05) is 13.8 Å². The summed E-state index contributed by atoms with van der Waals surface area (Å²) in [7, 11) is 0. The highest BCUT2D eigenvalue weighted by molar-refractivity contribution is 5.75. The van der Waals surface area contributed by atoms with Crippen LogP contribution in [0, 0.1) is 35.5 Å². The Bertz CT molecular complexity index is 523. The van der Waals surface area contributed by atoms with Gasteiger partial charge in [0.15, 0.2) is 0 Å². The summed E-state index contributed by atoms with van der Waals surface area (Å²) in [5.41, 5.74) is 0.157. The van der Waals surface area contributed by atoms with Gasteiger partial charge in [0.1, 0.15) is 0 Å². The smallest absolute Gasteiger partial charge is 0.317 e. The summed E-state index contributed by atoms with van der Waals surface area (Å²) in [5, 5.41) is 3.60. The molecule has 6 aliphatic rings. The highest BCUT2D eigenvalue weighted by Crippen LogP contribution is 2.55. The van der Waals surface area contributed by atoms with Crippen LogP contribution in [0.3, 0.4) is 0 Å². The van der Waals surface area contributed by atoms with Crippen molar-refractivity contribution in [3.8, 4) is 0 Å². The quantitative estimate of drug-likeness (QED) is 0.813. The second kappa shape index (κ2) is 6.93. The number of hydrogen-bond acceptors (Lipinski definition) is 2. The molecule has 2 atom stereocenters. The molecule has 2 amide bonds. The third-order valence-corrected chi connectivity index (χ3v) is 8.53. The minimum absolute atomic E-state index is 0.157. The van der Waals surface area contributed by atoms with Gasteiger partial charge in [0.25, 0.3) is 0 Å². The van der Waals surface area contributed by atoms with E-state index in [1.807, 2.05) is 0 Å². The van der Waals surface area contributed by atoms with Crippen molar-refractivity contribution in [2.24, 2.45) is 35.5 Å². The number of likely N-dealkylation sites (tertiary alicyclic amines) is 2. The summed E-state index contributed by atoms with van der Waals surface area (Å²) in [6.45, 7) is 10.3. The van der Waals surface area contributed by atoms with Gasteiger partial charge < -0.3 is 15.1 Å². The molecule has 4 bridgehead atoms. The lowest BCUT2D eigenvalue weighted by atomic mass is 9.53. The Kier molecular flexibility index (Phi) is 4.69. The molecule has 6 rings (SSSR count). The molecule has 4 heteroatoms. The van der Waals surface area contributed by atoms with E-state index in [4.69, 9.17) is 0 Å². The molecule has 4 saturated carbocycles. The molecule has 0 aromatic rings. The maximum Gasteiger partial charge on any atom is 0.317 e. The molecule has 152 valence electrons. The third-order valence-electron chi connectivity index (χ3n) is 8.53. The van der Waals surface area contributed by atoms with E-state index in [2.05, 4.69) is 29.0 Å². The van der Waals surface area contributed by atoms with Crippen LogP contribution in [-0.2, 0) is 0 Å². The zero-order valence-corrected chi connectivity index (χ0v) is 17.5. The normalized spacial score (nSPS) is 43.8. The molecule has 27 heavy (non-hydrogen) atoms. The van der Waals surface area contributed by atoms with Gasteiger partial charge in [-0.15, -0.1) is 0 Å². The van der Waals surface area contributed by atoms with Crippen LogP contribution in [0.5, 0.6) is 0 Å². The Morgan fingerprint density at radius 3 is 1.96 bits per heavy atom. The first-order valence-corrected chi connectivity index (χ1v) is 11.8. The summed E-state index contributed by atoms with van der Waals surface area (Å²) < 4.78 is 0. The van der Waals surface area contributed by atoms with Crippen LogP contribution in [0.1, 0.15) is 65.2 Å². The summed E-state index contributed by atoms with van der Waals surface area (Å²) in [6, 6.07) is 0.268. The molecule has 4 nitrogen and oxygen atoms in total. The van der Waals surface area contributed by atoms with E-state index in [-0.39, 0.29) is 11.6 Å². The molecule has 2 aliphatic heterocycles. The maximum atomic E-state index is 13.2. The molecular weight excluding hydrogens is 334 g/mol. The monoisotopic (exact) mass is 373 g/mol. The van der Waals surface area contributed by atoms with E-state index >= 15 is 0 Å². The van der Waals surface area contributed by atoms with Crippen LogP contribution in [0.25, 0.3) is 0 Å². The van der Waals surface area contributed by atoms with Crippen molar-refractivity contribution in [2.45, 2.75) is 70.8 Å². The van der Waals surface area contributed by atoms with Crippen molar-refractivity contribution in [2.75, 3.05) is 32.7 Å². The molecule has 0 aromatic carbocycles. The number of rotatable bonds is 3. The van der Waals surface area contributed by atoms with Crippen molar-refractivity contribution in [1.29, 1.82) is 0 Å². The second-order valence-corrected chi connectivity index (χ2v) is 11.3. The lowest BCUT2D eigenvalue weighted by Gasteiger charge is -2.57. The SMILES string of the molecule is CC(C)CN1CC[C@@H]2CN(C(=O)NC34CC5CC(CC(C5)C3)C4)C[C@@H]2CC1. The molecule has 0 unspecified atom stereocenters. The van der Waals surface area contributed by atoms with Gasteiger partial charge in [-0.2, -0.15) is 0 Å². The number of nitrogens with one attached hydrogen (secondary N) is 1. The molecule has 1 N–H and O–H groups in total. The number of hydrogen-bond donors (Lipinski definition) is 1. The van der Waals surface area contributed by atoms with E-state index in [0.29, 0.717) is 0 Å². The Labute approximate surface area is 165 Å². The van der Waals surface area contributed by atoms with Gasteiger partial charge in [0.2, 0.25) is 0 Å². The van der Waals surface area contributed by atoms with Gasteiger partial charge in [-0.3, -0.25) is 0 Å². The zero-order chi connectivity index (χ0) is 18.6. The first-order valence-electron chi connectivity index (χ1n) is 11.8. The Hall–Kier alpha value is -0.770. The third kappa shape index (κ3) is 3.63. The lowest BCUT2D eigenvalue weighted by Crippen LogP contribution is -2.61. The van der Waals surface area contributed by atoms with Crippen molar-refractivity contribution in [3.63, 3.8) is 0 Å². The van der Waals surface area contributed by atoms with Crippen LogP contribution >= 0.6 is 0 Å². The van der Waals surface area contributed by atoms with E-state index in [1.165, 1.54) is 71.0 Å². The summed E-state index contributed by atoms with van der Waals surface area (Å²) >= 11 is 0. The Morgan fingerprint density at radius 1 is 0.963 bits per heavy atom. The molecule has 6 fully saturated rings. The number of carbonyl (C=O) groups excluding carboxylic acids is 1. The largest absolute Gasteiger partial charge is 0.333 e. The maximum absolute atomic E-state index is 13.2. The number of nitrogens with zero attached hydrogens (tertiary/aromatic N) is 2. The van der Waals surface area contributed by atoms with Crippen molar-refractivity contribution < 1.29 is 4.79 Å². The van der Waals surface area contributed by atoms with E-state index < -0.39 is 0 Å². The van der Waals surface area contributed by atoms with Crippen molar-refractivity contribution >= 4 is 6.03 Å². The molecule has 2 saturated heterocycles.